The van der Waals surface area contributed by atoms with Gasteiger partial charge in [-0.1, -0.05) is 36.9 Å². The van der Waals surface area contributed by atoms with Crippen molar-refractivity contribution >= 4 is 17.5 Å². The molecule has 0 atom stereocenters. The Morgan fingerprint density at radius 2 is 1.48 bits per heavy atom. The zero-order chi connectivity index (χ0) is 20.3. The Morgan fingerprint density at radius 3 is 1.93 bits per heavy atom. The fraction of sp³-hybridized carbons (Fsp3) is 0.545. The first-order valence-electron chi connectivity index (χ1n) is 9.84. The SMILES string of the molecule is C=C(C[N+](CC)(CC)CCC(C(=O)OCC)C(=O)OCC)c1ccccc1. The third-order valence-corrected chi connectivity index (χ3v) is 5.08. The van der Waals surface area contributed by atoms with Gasteiger partial charge in [0.15, 0.2) is 5.92 Å². The smallest absolute Gasteiger partial charge is 0.320 e. The third kappa shape index (κ3) is 6.83. The molecule has 1 aromatic rings. The standard InChI is InChI=1S/C22H34NO4/c1-6-23(7-2,17-18(5)19-13-11-10-12-14-19)16-15-20(21(24)26-8-3)22(25)27-9-4/h10-14,20H,5-9,15-17H2,1-4H3/q+1. The van der Waals surface area contributed by atoms with E-state index in [9.17, 15) is 9.59 Å². The summed E-state index contributed by atoms with van der Waals surface area (Å²) in [5.74, 6) is -1.86. The lowest BCUT2D eigenvalue weighted by molar-refractivity contribution is -0.918. The van der Waals surface area contributed by atoms with E-state index in [0.29, 0.717) is 13.0 Å². The Hall–Kier alpha value is -2.14. The molecule has 1 rings (SSSR count). The van der Waals surface area contributed by atoms with Crippen LogP contribution in [0.15, 0.2) is 36.9 Å². The molecule has 0 amide bonds. The zero-order valence-electron chi connectivity index (χ0n) is 17.2. The van der Waals surface area contributed by atoms with E-state index >= 15 is 0 Å². The lowest BCUT2D eigenvalue weighted by Crippen LogP contribution is -2.50. The minimum Gasteiger partial charge on any atom is -0.465 e. The summed E-state index contributed by atoms with van der Waals surface area (Å²) < 4.78 is 10.9. The Bertz CT molecular complexity index is 590. The van der Waals surface area contributed by atoms with E-state index in [2.05, 4.69) is 32.6 Å². The molecule has 0 saturated heterocycles. The Kier molecular flexibility index (Phi) is 9.79. The average molecular weight is 377 g/mol. The predicted octanol–water partition coefficient (Wildman–Crippen LogP) is 3.69. The number of carbonyl (C=O) groups is 2. The molecule has 0 aliphatic rings. The molecule has 0 saturated carbocycles. The van der Waals surface area contributed by atoms with Crippen molar-refractivity contribution in [3.05, 3.63) is 42.5 Å². The second kappa shape index (κ2) is 11.5. The molecule has 27 heavy (non-hydrogen) atoms. The summed E-state index contributed by atoms with van der Waals surface area (Å²) in [6.45, 7) is 15.7. The molecule has 1 aromatic carbocycles. The molecule has 0 bridgehead atoms. The minimum atomic E-state index is -0.870. The van der Waals surface area contributed by atoms with Crippen LogP contribution in [-0.2, 0) is 19.1 Å². The molecule has 5 nitrogen and oxygen atoms in total. The molecule has 0 fully saturated rings. The fourth-order valence-electron chi connectivity index (χ4n) is 3.23. The van der Waals surface area contributed by atoms with Gasteiger partial charge in [-0.2, -0.15) is 0 Å². The largest absolute Gasteiger partial charge is 0.465 e. The van der Waals surface area contributed by atoms with E-state index in [1.165, 1.54) is 0 Å². The monoisotopic (exact) mass is 376 g/mol. The van der Waals surface area contributed by atoms with E-state index in [4.69, 9.17) is 9.47 Å². The summed E-state index contributed by atoms with van der Waals surface area (Å²) in [7, 11) is 0. The van der Waals surface area contributed by atoms with Crippen molar-refractivity contribution in [2.24, 2.45) is 5.92 Å². The average Bonchev–Trinajstić information content (AvgIpc) is 2.68. The fourth-order valence-corrected chi connectivity index (χ4v) is 3.23. The molecule has 0 N–H and O–H groups in total. The van der Waals surface area contributed by atoms with E-state index in [0.717, 1.165) is 35.3 Å². The van der Waals surface area contributed by atoms with Gasteiger partial charge in [-0.05, 0) is 33.3 Å². The minimum absolute atomic E-state index is 0.251. The van der Waals surface area contributed by atoms with Gasteiger partial charge in [0.1, 0.15) is 6.54 Å². The van der Waals surface area contributed by atoms with Gasteiger partial charge in [0, 0.05) is 12.0 Å². The van der Waals surface area contributed by atoms with Crippen molar-refractivity contribution in [1.29, 1.82) is 0 Å². The topological polar surface area (TPSA) is 52.6 Å². The van der Waals surface area contributed by atoms with Gasteiger partial charge in [0.05, 0.1) is 32.8 Å². The third-order valence-electron chi connectivity index (χ3n) is 5.08. The Balaban J connectivity index is 2.90. The van der Waals surface area contributed by atoms with Crippen molar-refractivity contribution in [1.82, 2.24) is 0 Å². The summed E-state index contributed by atoms with van der Waals surface area (Å²) in [6.07, 6.45) is 0.404. The maximum Gasteiger partial charge on any atom is 0.320 e. The lowest BCUT2D eigenvalue weighted by atomic mass is 10.0. The van der Waals surface area contributed by atoms with Gasteiger partial charge in [-0.3, -0.25) is 9.59 Å². The zero-order valence-corrected chi connectivity index (χ0v) is 17.2. The predicted molar refractivity (Wildman–Crippen MR) is 108 cm³/mol. The summed E-state index contributed by atoms with van der Waals surface area (Å²) in [6, 6.07) is 10.1. The van der Waals surface area contributed by atoms with Gasteiger partial charge in [0.2, 0.25) is 0 Å². The Labute approximate surface area is 163 Å². The molecule has 0 radical (unpaired) electrons. The number of likely N-dealkylation sites (N-methyl/N-ethyl adjacent to an activating group) is 1. The molecule has 0 aromatic heterocycles. The van der Waals surface area contributed by atoms with Crippen molar-refractivity contribution in [3.8, 4) is 0 Å². The van der Waals surface area contributed by atoms with Crippen LogP contribution < -0.4 is 0 Å². The molecule has 0 aliphatic carbocycles. The number of quaternary nitrogens is 1. The number of hydrogen-bond acceptors (Lipinski definition) is 4. The highest BCUT2D eigenvalue weighted by Crippen LogP contribution is 2.21. The van der Waals surface area contributed by atoms with E-state index in [1.54, 1.807) is 13.8 Å². The van der Waals surface area contributed by atoms with Crippen LogP contribution in [0.4, 0.5) is 0 Å². The van der Waals surface area contributed by atoms with Crippen molar-refractivity contribution in [3.63, 3.8) is 0 Å². The van der Waals surface area contributed by atoms with Gasteiger partial charge in [0.25, 0.3) is 0 Å². The first-order chi connectivity index (χ1) is 12.9. The van der Waals surface area contributed by atoms with Crippen LogP contribution in [0.25, 0.3) is 5.57 Å². The van der Waals surface area contributed by atoms with Gasteiger partial charge in [-0.25, -0.2) is 0 Å². The molecule has 0 unspecified atom stereocenters. The second-order valence-corrected chi connectivity index (χ2v) is 6.67. The summed E-state index contributed by atoms with van der Waals surface area (Å²) in [4.78, 5) is 24.5. The van der Waals surface area contributed by atoms with Gasteiger partial charge >= 0.3 is 11.9 Å². The summed E-state index contributed by atoms with van der Waals surface area (Å²) in [5, 5.41) is 0. The normalized spacial score (nSPS) is 11.3. The molecule has 150 valence electrons. The number of benzene rings is 1. The molecular weight excluding hydrogens is 342 g/mol. The van der Waals surface area contributed by atoms with Crippen LogP contribution >= 0.6 is 0 Å². The van der Waals surface area contributed by atoms with E-state index in [1.807, 2.05) is 18.2 Å². The van der Waals surface area contributed by atoms with Crippen LogP contribution in [0.2, 0.25) is 0 Å². The number of nitrogens with zero attached hydrogens (tertiary/aromatic N) is 1. The van der Waals surface area contributed by atoms with Crippen molar-refractivity contribution < 1.29 is 23.5 Å². The maximum absolute atomic E-state index is 12.2. The molecule has 0 aliphatic heterocycles. The second-order valence-electron chi connectivity index (χ2n) is 6.67. The maximum atomic E-state index is 12.2. The van der Waals surface area contributed by atoms with Gasteiger partial charge < -0.3 is 14.0 Å². The van der Waals surface area contributed by atoms with Crippen LogP contribution in [0.5, 0.6) is 0 Å². The number of esters is 2. The number of ether oxygens (including phenoxy) is 2. The van der Waals surface area contributed by atoms with Crippen LogP contribution in [0.3, 0.4) is 0 Å². The van der Waals surface area contributed by atoms with Crippen LogP contribution in [-0.4, -0.2) is 55.8 Å². The summed E-state index contributed by atoms with van der Waals surface area (Å²) >= 11 is 0. The molecule has 0 spiro atoms. The van der Waals surface area contributed by atoms with Gasteiger partial charge in [-0.15, -0.1) is 0 Å². The highest BCUT2D eigenvalue weighted by molar-refractivity contribution is 5.94. The summed E-state index contributed by atoms with van der Waals surface area (Å²) in [5.41, 5.74) is 2.18. The number of carbonyl (C=O) groups excluding carboxylic acids is 2. The van der Waals surface area contributed by atoms with E-state index in [-0.39, 0.29) is 13.2 Å². The van der Waals surface area contributed by atoms with Crippen molar-refractivity contribution in [2.45, 2.75) is 34.1 Å². The number of hydrogen-bond donors (Lipinski definition) is 0. The Morgan fingerprint density at radius 1 is 0.963 bits per heavy atom. The first-order valence-corrected chi connectivity index (χ1v) is 9.84. The quantitative estimate of drug-likeness (QED) is 0.317. The highest BCUT2D eigenvalue weighted by Gasteiger charge is 2.34. The molecule has 0 heterocycles. The molecule has 5 heteroatoms. The molecular formula is C22H34NO4+. The number of rotatable bonds is 12. The van der Waals surface area contributed by atoms with E-state index < -0.39 is 17.9 Å². The van der Waals surface area contributed by atoms with Crippen LogP contribution in [0, 0.1) is 5.92 Å². The highest BCUT2D eigenvalue weighted by atomic mass is 16.6. The lowest BCUT2D eigenvalue weighted by Gasteiger charge is -2.38. The first kappa shape index (κ1) is 22.9. The van der Waals surface area contributed by atoms with Crippen molar-refractivity contribution in [2.75, 3.05) is 39.4 Å². The van der Waals surface area contributed by atoms with Crippen LogP contribution in [0.1, 0.15) is 39.7 Å².